The van der Waals surface area contributed by atoms with Gasteiger partial charge in [0.15, 0.2) is 9.84 Å². The van der Waals surface area contributed by atoms with Gasteiger partial charge in [0, 0.05) is 6.26 Å². The van der Waals surface area contributed by atoms with E-state index in [9.17, 15) is 21.6 Å². The topological polar surface area (TPSA) is 110 Å². The first-order valence-corrected chi connectivity index (χ1v) is 12.8. The molecule has 0 saturated carbocycles. The number of rotatable bonds is 8. The molecule has 0 bridgehead atoms. The Balaban J connectivity index is 2.22. The van der Waals surface area contributed by atoms with Crippen molar-refractivity contribution in [1.29, 1.82) is 0 Å². The Morgan fingerprint density at radius 1 is 0.933 bits per heavy atom. The van der Waals surface area contributed by atoms with Gasteiger partial charge in [-0.2, -0.15) is 0 Å². The van der Waals surface area contributed by atoms with E-state index in [1.54, 1.807) is 43.3 Å². The predicted octanol–water partition coefficient (Wildman–Crippen LogP) is 2.13. The van der Waals surface area contributed by atoms with E-state index in [2.05, 4.69) is 5.32 Å². The van der Waals surface area contributed by atoms with E-state index in [4.69, 9.17) is 4.74 Å². The average molecular weight is 455 g/mol. The number of sulfone groups is 1. The van der Waals surface area contributed by atoms with Crippen LogP contribution in [-0.2, 0) is 24.7 Å². The van der Waals surface area contributed by atoms with Gasteiger partial charge in [-0.1, -0.05) is 12.1 Å². The van der Waals surface area contributed by atoms with Crippen LogP contribution >= 0.6 is 0 Å². The molecule has 30 heavy (non-hydrogen) atoms. The lowest BCUT2D eigenvalue weighted by molar-refractivity contribution is -0.122. The van der Waals surface area contributed by atoms with Crippen LogP contribution < -0.4 is 14.4 Å². The molecule has 2 rings (SSSR count). The van der Waals surface area contributed by atoms with Gasteiger partial charge in [0.1, 0.15) is 11.8 Å². The molecule has 0 aliphatic heterocycles. The second-order valence-corrected chi connectivity index (χ2v) is 10.9. The summed E-state index contributed by atoms with van der Waals surface area (Å²) in [5, 5.41) is 2.78. The van der Waals surface area contributed by atoms with Crippen LogP contribution in [0, 0.1) is 0 Å². The molecule has 0 unspecified atom stereocenters. The number of amides is 1. The van der Waals surface area contributed by atoms with Gasteiger partial charge in [-0.25, -0.2) is 16.8 Å². The summed E-state index contributed by atoms with van der Waals surface area (Å²) >= 11 is 0. The zero-order valence-electron chi connectivity index (χ0n) is 17.5. The Morgan fingerprint density at radius 3 is 1.90 bits per heavy atom. The third-order valence-electron chi connectivity index (χ3n) is 4.58. The number of sulfonamides is 1. The van der Waals surface area contributed by atoms with Crippen molar-refractivity contribution in [2.75, 3.05) is 23.9 Å². The Labute approximate surface area is 177 Å². The first kappa shape index (κ1) is 23.7. The van der Waals surface area contributed by atoms with E-state index in [1.807, 2.05) is 0 Å². The van der Waals surface area contributed by atoms with Crippen molar-refractivity contribution in [3.8, 4) is 5.75 Å². The van der Waals surface area contributed by atoms with Crippen molar-refractivity contribution in [1.82, 2.24) is 5.32 Å². The molecule has 0 radical (unpaired) electrons. The highest BCUT2D eigenvalue weighted by Crippen LogP contribution is 2.24. The first-order valence-electron chi connectivity index (χ1n) is 9.08. The fourth-order valence-corrected chi connectivity index (χ4v) is 4.76. The number of benzene rings is 2. The minimum atomic E-state index is -3.74. The molecule has 2 aromatic rings. The summed E-state index contributed by atoms with van der Waals surface area (Å²) < 4.78 is 54.1. The molecule has 10 heteroatoms. The minimum absolute atomic E-state index is 0.181. The summed E-state index contributed by atoms with van der Waals surface area (Å²) in [5.74, 6) is 0.0754. The molecule has 0 heterocycles. The normalized spacial score (nSPS) is 13.9. The van der Waals surface area contributed by atoms with Crippen LogP contribution in [0.25, 0.3) is 0 Å². The van der Waals surface area contributed by atoms with Crippen LogP contribution in [0.15, 0.2) is 53.4 Å². The summed E-state index contributed by atoms with van der Waals surface area (Å²) in [5.41, 5.74) is 1.03. The van der Waals surface area contributed by atoms with Crippen LogP contribution in [0.1, 0.15) is 25.5 Å². The Kier molecular flexibility index (Phi) is 7.14. The maximum Gasteiger partial charge on any atom is 0.244 e. The fourth-order valence-electron chi connectivity index (χ4n) is 2.96. The first-order chi connectivity index (χ1) is 13.8. The molecule has 0 spiro atoms. The molecule has 2 aromatic carbocycles. The van der Waals surface area contributed by atoms with Crippen LogP contribution in [0.5, 0.6) is 5.75 Å². The van der Waals surface area contributed by atoms with Gasteiger partial charge in [0.2, 0.25) is 15.9 Å². The number of nitrogens with zero attached hydrogens (tertiary/aromatic N) is 1. The largest absolute Gasteiger partial charge is 0.497 e. The molecule has 164 valence electrons. The number of hydrogen-bond donors (Lipinski definition) is 1. The number of carbonyl (C=O) groups is 1. The SMILES string of the molecule is COc1ccc(N([C@@H](C)C(=O)N[C@H](C)c2ccc(S(C)(=O)=O)cc2)S(C)(=O)=O)cc1. The second-order valence-electron chi connectivity index (χ2n) is 7.00. The van der Waals surface area contributed by atoms with Crippen molar-refractivity contribution in [3.05, 3.63) is 54.1 Å². The van der Waals surface area contributed by atoms with E-state index < -0.39 is 37.9 Å². The summed E-state index contributed by atoms with van der Waals surface area (Å²) in [6, 6.07) is 11.1. The number of carbonyl (C=O) groups excluding carboxylic acids is 1. The van der Waals surface area contributed by atoms with Crippen molar-refractivity contribution in [2.24, 2.45) is 0 Å². The predicted molar refractivity (Wildman–Crippen MR) is 116 cm³/mol. The smallest absolute Gasteiger partial charge is 0.244 e. The van der Waals surface area contributed by atoms with Gasteiger partial charge < -0.3 is 10.1 Å². The van der Waals surface area contributed by atoms with Gasteiger partial charge in [-0.3, -0.25) is 9.10 Å². The number of ether oxygens (including phenoxy) is 1. The Hall–Kier alpha value is -2.59. The zero-order chi connectivity index (χ0) is 22.7. The van der Waals surface area contributed by atoms with Crippen molar-refractivity contribution in [3.63, 3.8) is 0 Å². The van der Waals surface area contributed by atoms with Crippen LogP contribution in [-0.4, -0.2) is 48.4 Å². The quantitative estimate of drug-likeness (QED) is 0.654. The maximum absolute atomic E-state index is 12.8. The van der Waals surface area contributed by atoms with Crippen LogP contribution in [0.4, 0.5) is 5.69 Å². The van der Waals surface area contributed by atoms with E-state index in [1.165, 1.54) is 26.2 Å². The maximum atomic E-state index is 12.8. The molecular formula is C20H26N2O6S2. The monoisotopic (exact) mass is 454 g/mol. The summed E-state index contributed by atoms with van der Waals surface area (Å²) in [6.45, 7) is 3.23. The van der Waals surface area contributed by atoms with Gasteiger partial charge in [0.25, 0.3) is 0 Å². The average Bonchev–Trinajstić information content (AvgIpc) is 2.66. The standard InChI is InChI=1S/C20H26N2O6S2/c1-14(16-6-12-19(13-7-16)29(4,24)25)21-20(23)15(2)22(30(5,26)27)17-8-10-18(28-3)11-9-17/h6-15H,1-5H3,(H,21,23)/t14-,15+/m1/s1. The molecule has 0 saturated heterocycles. The van der Waals surface area contributed by atoms with E-state index in [0.29, 0.717) is 17.0 Å². The fraction of sp³-hybridized carbons (Fsp3) is 0.350. The zero-order valence-corrected chi connectivity index (χ0v) is 19.1. The number of methoxy groups -OCH3 is 1. The molecule has 0 aliphatic carbocycles. The van der Waals surface area contributed by atoms with Gasteiger partial charge in [-0.05, 0) is 55.8 Å². The summed E-state index contributed by atoms with van der Waals surface area (Å²) in [6.07, 6.45) is 2.15. The van der Waals surface area contributed by atoms with Crippen molar-refractivity contribution < 1.29 is 26.4 Å². The highest BCUT2D eigenvalue weighted by molar-refractivity contribution is 7.92. The van der Waals surface area contributed by atoms with Crippen molar-refractivity contribution >= 4 is 31.5 Å². The molecule has 0 aliphatic rings. The number of nitrogens with one attached hydrogen (secondary N) is 1. The highest BCUT2D eigenvalue weighted by Gasteiger charge is 2.30. The van der Waals surface area contributed by atoms with Crippen molar-refractivity contribution in [2.45, 2.75) is 30.8 Å². The van der Waals surface area contributed by atoms with Gasteiger partial charge >= 0.3 is 0 Å². The Morgan fingerprint density at radius 2 is 1.47 bits per heavy atom. The van der Waals surface area contributed by atoms with E-state index in [0.717, 1.165) is 16.8 Å². The molecule has 8 nitrogen and oxygen atoms in total. The lowest BCUT2D eigenvalue weighted by Gasteiger charge is -2.29. The van der Waals surface area contributed by atoms with Gasteiger partial charge in [0.05, 0.1) is 30.0 Å². The summed E-state index contributed by atoms with van der Waals surface area (Å²) in [7, 11) is -5.55. The lowest BCUT2D eigenvalue weighted by Crippen LogP contribution is -2.48. The molecular weight excluding hydrogens is 428 g/mol. The highest BCUT2D eigenvalue weighted by atomic mass is 32.2. The lowest BCUT2D eigenvalue weighted by atomic mass is 10.1. The van der Waals surface area contributed by atoms with E-state index >= 15 is 0 Å². The molecule has 1 amide bonds. The minimum Gasteiger partial charge on any atom is -0.497 e. The molecule has 0 aromatic heterocycles. The second kappa shape index (κ2) is 9.05. The molecule has 2 atom stereocenters. The Bertz CT molecular complexity index is 1090. The van der Waals surface area contributed by atoms with Crippen LogP contribution in [0.2, 0.25) is 0 Å². The third kappa shape index (κ3) is 5.73. The molecule has 0 fully saturated rings. The third-order valence-corrected chi connectivity index (χ3v) is 6.95. The molecule has 1 N–H and O–H groups in total. The number of anilines is 1. The summed E-state index contributed by atoms with van der Waals surface area (Å²) in [4.78, 5) is 13.0. The van der Waals surface area contributed by atoms with E-state index in [-0.39, 0.29) is 4.90 Å². The van der Waals surface area contributed by atoms with Crippen LogP contribution in [0.3, 0.4) is 0 Å². The number of hydrogen-bond acceptors (Lipinski definition) is 6. The van der Waals surface area contributed by atoms with Gasteiger partial charge in [-0.15, -0.1) is 0 Å².